The molecule has 1 atom stereocenters. The fourth-order valence-corrected chi connectivity index (χ4v) is 3.60. The van der Waals surface area contributed by atoms with E-state index in [1.807, 2.05) is 18.7 Å². The lowest BCUT2D eigenvalue weighted by molar-refractivity contribution is 0.731. The van der Waals surface area contributed by atoms with E-state index in [1.54, 1.807) is 11.3 Å². The van der Waals surface area contributed by atoms with E-state index in [-0.39, 0.29) is 6.04 Å². The molecule has 0 amide bonds. The first kappa shape index (κ1) is 12.6. The second-order valence-electron chi connectivity index (χ2n) is 4.17. The van der Waals surface area contributed by atoms with E-state index >= 15 is 0 Å². The predicted octanol–water partition coefficient (Wildman–Crippen LogP) is 4.03. The number of anilines is 1. The minimum Gasteiger partial charge on any atom is -0.375 e. The fourth-order valence-electron chi connectivity index (χ4n) is 1.88. The smallest absolute Gasteiger partial charge is 0.0828 e. The Balaban J connectivity index is 2.24. The van der Waals surface area contributed by atoms with Gasteiger partial charge in [-0.3, -0.25) is 4.68 Å². The molecule has 1 N–H and O–H groups in total. The van der Waals surface area contributed by atoms with E-state index in [0.717, 1.165) is 11.4 Å². The molecule has 92 valence electrons. The van der Waals surface area contributed by atoms with E-state index in [0.29, 0.717) is 0 Å². The standard InChI is InChI=1S/C12H16BrN3S/c1-7-11(9(3)16(4)15-7)14-8(2)12-10(13)5-6-17-12/h5-6,8,14H,1-4H3. The molecule has 0 aliphatic heterocycles. The molecule has 2 aromatic heterocycles. The zero-order valence-electron chi connectivity index (χ0n) is 10.4. The summed E-state index contributed by atoms with van der Waals surface area (Å²) in [6, 6.07) is 2.37. The van der Waals surface area contributed by atoms with Crippen LogP contribution in [0.2, 0.25) is 0 Å². The number of halogens is 1. The number of hydrogen-bond acceptors (Lipinski definition) is 3. The zero-order valence-corrected chi connectivity index (χ0v) is 12.8. The van der Waals surface area contributed by atoms with Crippen molar-refractivity contribution in [1.82, 2.24) is 9.78 Å². The summed E-state index contributed by atoms with van der Waals surface area (Å²) in [5.41, 5.74) is 3.35. The first-order chi connectivity index (χ1) is 8.00. The van der Waals surface area contributed by atoms with E-state index in [4.69, 9.17) is 0 Å². The maximum atomic E-state index is 4.41. The SMILES string of the molecule is Cc1nn(C)c(C)c1NC(C)c1sccc1Br. The Kier molecular flexibility index (Phi) is 3.58. The molecule has 5 heteroatoms. The van der Waals surface area contributed by atoms with Gasteiger partial charge in [0.1, 0.15) is 0 Å². The van der Waals surface area contributed by atoms with Crippen molar-refractivity contribution in [1.29, 1.82) is 0 Å². The van der Waals surface area contributed by atoms with Crippen LogP contribution in [0.4, 0.5) is 5.69 Å². The molecule has 2 aromatic rings. The minimum absolute atomic E-state index is 0.283. The fraction of sp³-hybridized carbons (Fsp3) is 0.417. The van der Waals surface area contributed by atoms with E-state index in [1.165, 1.54) is 15.0 Å². The van der Waals surface area contributed by atoms with Crippen molar-refractivity contribution in [2.45, 2.75) is 26.8 Å². The Morgan fingerprint density at radius 2 is 2.18 bits per heavy atom. The van der Waals surface area contributed by atoms with Gasteiger partial charge in [-0.1, -0.05) is 0 Å². The summed E-state index contributed by atoms with van der Waals surface area (Å²) in [6.45, 7) is 6.28. The molecule has 0 aliphatic carbocycles. The first-order valence-electron chi connectivity index (χ1n) is 5.50. The van der Waals surface area contributed by atoms with Crippen LogP contribution in [0.1, 0.15) is 29.2 Å². The summed E-state index contributed by atoms with van der Waals surface area (Å²) < 4.78 is 3.08. The maximum absolute atomic E-state index is 4.41. The number of aryl methyl sites for hydroxylation is 2. The van der Waals surface area contributed by atoms with Crippen LogP contribution in [0.25, 0.3) is 0 Å². The van der Waals surface area contributed by atoms with Gasteiger partial charge in [-0.25, -0.2) is 0 Å². The van der Waals surface area contributed by atoms with Gasteiger partial charge in [0.15, 0.2) is 0 Å². The molecule has 2 heterocycles. The second kappa shape index (κ2) is 4.82. The third-order valence-corrected chi connectivity index (χ3v) is 4.96. The molecule has 0 saturated carbocycles. The van der Waals surface area contributed by atoms with Gasteiger partial charge in [0, 0.05) is 16.4 Å². The predicted molar refractivity (Wildman–Crippen MR) is 76.7 cm³/mol. The minimum atomic E-state index is 0.283. The third-order valence-electron chi connectivity index (χ3n) is 2.91. The Morgan fingerprint density at radius 3 is 2.65 bits per heavy atom. The lowest BCUT2D eigenvalue weighted by Gasteiger charge is -2.14. The van der Waals surface area contributed by atoms with Crippen LogP contribution in [-0.2, 0) is 7.05 Å². The lowest BCUT2D eigenvalue weighted by Crippen LogP contribution is -2.07. The molecule has 2 rings (SSSR count). The number of aromatic nitrogens is 2. The van der Waals surface area contributed by atoms with Crippen molar-refractivity contribution in [2.75, 3.05) is 5.32 Å². The van der Waals surface area contributed by atoms with Crippen LogP contribution in [0.3, 0.4) is 0 Å². The van der Waals surface area contributed by atoms with Gasteiger partial charge < -0.3 is 5.32 Å². The monoisotopic (exact) mass is 313 g/mol. The first-order valence-corrected chi connectivity index (χ1v) is 7.17. The van der Waals surface area contributed by atoms with E-state index in [9.17, 15) is 0 Å². The Bertz CT molecular complexity index is 530. The van der Waals surface area contributed by atoms with Crippen molar-refractivity contribution in [3.05, 3.63) is 32.2 Å². The molecule has 17 heavy (non-hydrogen) atoms. The van der Waals surface area contributed by atoms with Gasteiger partial charge in [-0.2, -0.15) is 5.10 Å². The molecular weight excluding hydrogens is 298 g/mol. The highest BCUT2D eigenvalue weighted by atomic mass is 79.9. The number of thiophene rings is 1. The van der Waals surface area contributed by atoms with Crippen molar-refractivity contribution in [2.24, 2.45) is 7.05 Å². The average molecular weight is 314 g/mol. The normalized spacial score (nSPS) is 12.8. The highest BCUT2D eigenvalue weighted by Crippen LogP contribution is 2.32. The molecule has 0 saturated heterocycles. The molecule has 3 nitrogen and oxygen atoms in total. The van der Waals surface area contributed by atoms with E-state index in [2.05, 4.69) is 51.6 Å². The van der Waals surface area contributed by atoms with Gasteiger partial charge >= 0.3 is 0 Å². The molecule has 0 aliphatic rings. The number of hydrogen-bond donors (Lipinski definition) is 1. The van der Waals surface area contributed by atoms with E-state index < -0.39 is 0 Å². The van der Waals surface area contributed by atoms with Crippen LogP contribution in [0, 0.1) is 13.8 Å². The van der Waals surface area contributed by atoms with Crippen molar-refractivity contribution in [3.8, 4) is 0 Å². The molecule has 1 unspecified atom stereocenters. The van der Waals surface area contributed by atoms with Crippen LogP contribution < -0.4 is 5.32 Å². The largest absolute Gasteiger partial charge is 0.375 e. The van der Waals surface area contributed by atoms with Crippen LogP contribution >= 0.6 is 27.3 Å². The van der Waals surface area contributed by atoms with Crippen LogP contribution in [-0.4, -0.2) is 9.78 Å². The molecule has 0 spiro atoms. The van der Waals surface area contributed by atoms with Crippen LogP contribution in [0.5, 0.6) is 0 Å². The summed E-state index contributed by atoms with van der Waals surface area (Å²) in [4.78, 5) is 1.31. The topological polar surface area (TPSA) is 29.9 Å². The van der Waals surface area contributed by atoms with Crippen molar-refractivity contribution < 1.29 is 0 Å². The maximum Gasteiger partial charge on any atom is 0.0828 e. The van der Waals surface area contributed by atoms with Crippen LogP contribution in [0.15, 0.2) is 15.9 Å². The zero-order chi connectivity index (χ0) is 12.6. The molecule has 0 fully saturated rings. The van der Waals surface area contributed by atoms with Crippen molar-refractivity contribution >= 4 is 33.0 Å². The number of nitrogens with zero attached hydrogens (tertiary/aromatic N) is 2. The molecule has 0 radical (unpaired) electrons. The highest BCUT2D eigenvalue weighted by molar-refractivity contribution is 9.10. The summed E-state index contributed by atoms with van der Waals surface area (Å²) in [5.74, 6) is 0. The Labute approximate surface area is 114 Å². The average Bonchev–Trinajstić information content (AvgIpc) is 2.78. The summed E-state index contributed by atoms with van der Waals surface area (Å²) >= 11 is 5.33. The van der Waals surface area contributed by atoms with Gasteiger partial charge in [0.2, 0.25) is 0 Å². The summed E-state index contributed by atoms with van der Waals surface area (Å²) in [5, 5.41) is 10.1. The molecular formula is C12H16BrN3S. The lowest BCUT2D eigenvalue weighted by atomic mass is 10.2. The molecule has 0 aromatic carbocycles. The quantitative estimate of drug-likeness (QED) is 0.927. The highest BCUT2D eigenvalue weighted by Gasteiger charge is 2.15. The number of nitrogens with one attached hydrogen (secondary N) is 1. The van der Waals surface area contributed by atoms with Gasteiger partial charge in [0.05, 0.1) is 23.1 Å². The van der Waals surface area contributed by atoms with Crippen molar-refractivity contribution in [3.63, 3.8) is 0 Å². The van der Waals surface area contributed by atoms with Gasteiger partial charge in [-0.05, 0) is 48.1 Å². The summed E-state index contributed by atoms with van der Waals surface area (Å²) in [7, 11) is 1.97. The Morgan fingerprint density at radius 1 is 1.47 bits per heavy atom. The number of rotatable bonds is 3. The summed E-state index contributed by atoms with van der Waals surface area (Å²) in [6.07, 6.45) is 0. The Hall–Kier alpha value is -0.810. The third kappa shape index (κ3) is 2.40. The second-order valence-corrected chi connectivity index (χ2v) is 5.97. The van der Waals surface area contributed by atoms with Gasteiger partial charge in [0.25, 0.3) is 0 Å². The molecule has 0 bridgehead atoms. The van der Waals surface area contributed by atoms with Gasteiger partial charge in [-0.15, -0.1) is 11.3 Å².